The fraction of sp³-hybridized carbons (Fsp3) is 0.400. The Hall–Kier alpha value is -2.05. The molecule has 0 radical (unpaired) electrons. The van der Waals surface area contributed by atoms with Gasteiger partial charge in [-0.15, -0.1) is 0 Å². The molecule has 0 fully saturated rings. The quantitative estimate of drug-likeness (QED) is 0.756. The zero-order valence-corrected chi connectivity index (χ0v) is 11.9. The lowest BCUT2D eigenvalue weighted by atomic mass is 10.2. The van der Waals surface area contributed by atoms with Crippen LogP contribution in [0.3, 0.4) is 0 Å². The molecule has 1 aromatic carbocycles. The van der Waals surface area contributed by atoms with Gasteiger partial charge in [-0.25, -0.2) is 0 Å². The number of methoxy groups -OCH3 is 1. The summed E-state index contributed by atoms with van der Waals surface area (Å²) in [5, 5.41) is 8.99. The molecule has 1 amide bonds. The maximum Gasteiger partial charge on any atom is 0.246 e. The summed E-state index contributed by atoms with van der Waals surface area (Å²) < 4.78 is 15.5. The number of aliphatic hydroxyl groups is 1. The highest BCUT2D eigenvalue weighted by atomic mass is 16.7. The minimum Gasteiger partial charge on any atom is -0.454 e. The molecule has 0 saturated carbocycles. The van der Waals surface area contributed by atoms with Gasteiger partial charge in [0.25, 0.3) is 0 Å². The van der Waals surface area contributed by atoms with Crippen molar-refractivity contribution in [2.24, 2.45) is 0 Å². The molecule has 0 unspecified atom stereocenters. The van der Waals surface area contributed by atoms with Crippen LogP contribution in [0.4, 0.5) is 0 Å². The van der Waals surface area contributed by atoms with E-state index in [-0.39, 0.29) is 25.9 Å². The molecular formula is C15H19NO5. The summed E-state index contributed by atoms with van der Waals surface area (Å²) in [5.41, 5.74) is 0.850. The van der Waals surface area contributed by atoms with Gasteiger partial charge in [-0.05, 0) is 23.8 Å². The standard InChI is InChI=1S/C15H19NO5/c1-19-9-7-16(6-8-17)15(18)5-3-12-2-4-13-14(10-12)21-11-20-13/h2-5,10,17H,6-9,11H2,1H3/b5-3+. The number of carbonyl (C=O) groups excluding carboxylic acids is 1. The van der Waals surface area contributed by atoms with Crippen molar-refractivity contribution in [1.29, 1.82) is 0 Å². The van der Waals surface area contributed by atoms with Crippen LogP contribution < -0.4 is 9.47 Å². The molecular weight excluding hydrogens is 274 g/mol. The van der Waals surface area contributed by atoms with Crippen LogP contribution >= 0.6 is 0 Å². The van der Waals surface area contributed by atoms with Crippen LogP contribution in [-0.4, -0.2) is 56.1 Å². The average molecular weight is 293 g/mol. The number of ether oxygens (including phenoxy) is 3. The molecule has 1 heterocycles. The summed E-state index contributed by atoms with van der Waals surface area (Å²) in [6, 6.07) is 5.48. The van der Waals surface area contributed by atoms with E-state index in [1.807, 2.05) is 18.2 Å². The van der Waals surface area contributed by atoms with Crippen LogP contribution in [0.5, 0.6) is 11.5 Å². The van der Waals surface area contributed by atoms with Crippen molar-refractivity contribution < 1.29 is 24.1 Å². The van der Waals surface area contributed by atoms with Gasteiger partial charge in [-0.2, -0.15) is 0 Å². The van der Waals surface area contributed by atoms with Crippen LogP contribution in [0.1, 0.15) is 5.56 Å². The van der Waals surface area contributed by atoms with Gasteiger partial charge in [-0.3, -0.25) is 4.79 Å². The predicted molar refractivity (Wildman–Crippen MR) is 77.1 cm³/mol. The third-order valence-corrected chi connectivity index (χ3v) is 3.06. The Morgan fingerprint density at radius 1 is 1.38 bits per heavy atom. The monoisotopic (exact) mass is 293 g/mol. The lowest BCUT2D eigenvalue weighted by Crippen LogP contribution is -2.34. The third-order valence-electron chi connectivity index (χ3n) is 3.06. The SMILES string of the molecule is COCCN(CCO)C(=O)/C=C/c1ccc2c(c1)OCO2. The van der Waals surface area contributed by atoms with Crippen LogP contribution in [-0.2, 0) is 9.53 Å². The lowest BCUT2D eigenvalue weighted by molar-refractivity contribution is -0.127. The minimum atomic E-state index is -0.168. The molecule has 6 nitrogen and oxygen atoms in total. The Morgan fingerprint density at radius 2 is 2.19 bits per heavy atom. The molecule has 0 bridgehead atoms. The summed E-state index contributed by atoms with van der Waals surface area (Å²) in [4.78, 5) is 13.6. The number of amides is 1. The van der Waals surface area contributed by atoms with Crippen molar-refractivity contribution in [3.8, 4) is 11.5 Å². The second-order valence-corrected chi connectivity index (χ2v) is 4.49. The van der Waals surface area contributed by atoms with Crippen LogP contribution in [0.15, 0.2) is 24.3 Å². The topological polar surface area (TPSA) is 68.2 Å². The van der Waals surface area contributed by atoms with E-state index in [1.165, 1.54) is 11.0 Å². The van der Waals surface area contributed by atoms with E-state index in [4.69, 9.17) is 19.3 Å². The fourth-order valence-electron chi connectivity index (χ4n) is 1.94. The Balaban J connectivity index is 1.99. The molecule has 0 saturated heterocycles. The summed E-state index contributed by atoms with van der Waals surface area (Å²) in [5.74, 6) is 1.22. The van der Waals surface area contributed by atoms with E-state index in [0.717, 1.165) is 5.56 Å². The van der Waals surface area contributed by atoms with Crippen molar-refractivity contribution in [1.82, 2.24) is 4.90 Å². The van der Waals surface area contributed by atoms with Gasteiger partial charge in [0.2, 0.25) is 12.7 Å². The summed E-state index contributed by atoms with van der Waals surface area (Å²) >= 11 is 0. The lowest BCUT2D eigenvalue weighted by Gasteiger charge is -2.19. The van der Waals surface area contributed by atoms with E-state index >= 15 is 0 Å². The van der Waals surface area contributed by atoms with Crippen LogP contribution in [0.25, 0.3) is 6.08 Å². The molecule has 21 heavy (non-hydrogen) atoms. The van der Waals surface area contributed by atoms with Crippen molar-refractivity contribution >= 4 is 12.0 Å². The first-order valence-corrected chi connectivity index (χ1v) is 6.71. The zero-order chi connectivity index (χ0) is 15.1. The number of hydrogen-bond donors (Lipinski definition) is 1. The van der Waals surface area contributed by atoms with Crippen molar-refractivity contribution in [2.75, 3.05) is 40.2 Å². The highest BCUT2D eigenvalue weighted by molar-refractivity contribution is 5.91. The second-order valence-electron chi connectivity index (χ2n) is 4.49. The Labute approximate surface area is 123 Å². The number of hydrogen-bond acceptors (Lipinski definition) is 5. The normalized spacial score (nSPS) is 12.9. The van der Waals surface area contributed by atoms with Gasteiger partial charge in [-0.1, -0.05) is 6.07 Å². The van der Waals surface area contributed by atoms with Crippen molar-refractivity contribution in [2.45, 2.75) is 0 Å². The highest BCUT2D eigenvalue weighted by Gasteiger charge is 2.13. The molecule has 0 atom stereocenters. The van der Waals surface area contributed by atoms with Gasteiger partial charge in [0.15, 0.2) is 11.5 Å². The summed E-state index contributed by atoms with van der Waals surface area (Å²) in [6.45, 7) is 1.31. The molecule has 0 aliphatic carbocycles. The van der Waals surface area contributed by atoms with E-state index < -0.39 is 0 Å². The molecule has 0 spiro atoms. The Kier molecular flexibility index (Phi) is 5.59. The van der Waals surface area contributed by atoms with Gasteiger partial charge in [0.05, 0.1) is 13.2 Å². The molecule has 6 heteroatoms. The first-order valence-electron chi connectivity index (χ1n) is 6.71. The molecule has 1 N–H and O–H groups in total. The molecule has 1 aliphatic heterocycles. The minimum absolute atomic E-state index is 0.0761. The molecule has 1 aromatic rings. The maximum atomic E-state index is 12.1. The molecule has 2 rings (SSSR count). The average Bonchev–Trinajstić information content (AvgIpc) is 2.96. The molecule has 0 aromatic heterocycles. The molecule has 114 valence electrons. The second kappa shape index (κ2) is 7.66. The predicted octanol–water partition coefficient (Wildman–Crippen LogP) is 0.896. The van der Waals surface area contributed by atoms with Crippen LogP contribution in [0.2, 0.25) is 0 Å². The van der Waals surface area contributed by atoms with E-state index in [1.54, 1.807) is 13.2 Å². The van der Waals surface area contributed by atoms with E-state index in [9.17, 15) is 4.79 Å². The highest BCUT2D eigenvalue weighted by Crippen LogP contribution is 2.32. The first-order chi connectivity index (χ1) is 10.2. The van der Waals surface area contributed by atoms with Crippen molar-refractivity contribution in [3.05, 3.63) is 29.8 Å². The van der Waals surface area contributed by atoms with Crippen molar-refractivity contribution in [3.63, 3.8) is 0 Å². The fourth-order valence-corrected chi connectivity index (χ4v) is 1.94. The van der Waals surface area contributed by atoms with E-state index in [2.05, 4.69) is 0 Å². The zero-order valence-electron chi connectivity index (χ0n) is 11.9. The van der Waals surface area contributed by atoms with Gasteiger partial charge in [0.1, 0.15) is 0 Å². The Bertz CT molecular complexity index is 515. The van der Waals surface area contributed by atoms with Gasteiger partial charge < -0.3 is 24.2 Å². The smallest absolute Gasteiger partial charge is 0.246 e. The first kappa shape index (κ1) is 15.3. The van der Waals surface area contributed by atoms with Gasteiger partial charge >= 0.3 is 0 Å². The maximum absolute atomic E-state index is 12.1. The van der Waals surface area contributed by atoms with E-state index in [0.29, 0.717) is 24.7 Å². The number of aliphatic hydroxyl groups excluding tert-OH is 1. The Morgan fingerprint density at radius 3 is 2.95 bits per heavy atom. The number of benzene rings is 1. The number of rotatable bonds is 7. The number of fused-ring (bicyclic) bond motifs is 1. The largest absolute Gasteiger partial charge is 0.454 e. The molecule has 1 aliphatic rings. The van der Waals surface area contributed by atoms with Crippen LogP contribution in [0, 0.1) is 0 Å². The number of carbonyl (C=O) groups is 1. The number of nitrogens with zero attached hydrogens (tertiary/aromatic N) is 1. The van der Waals surface area contributed by atoms with Gasteiger partial charge in [0, 0.05) is 26.3 Å². The third kappa shape index (κ3) is 4.21. The summed E-state index contributed by atoms with van der Waals surface area (Å²) in [7, 11) is 1.57. The summed E-state index contributed by atoms with van der Waals surface area (Å²) in [6.07, 6.45) is 3.18.